The van der Waals surface area contributed by atoms with Crippen molar-refractivity contribution >= 4 is 5.91 Å². The lowest BCUT2D eigenvalue weighted by molar-refractivity contribution is 0.0946. The number of pyridine rings is 1. The third kappa shape index (κ3) is 3.17. The quantitative estimate of drug-likeness (QED) is 0.909. The summed E-state index contributed by atoms with van der Waals surface area (Å²) in [4.78, 5) is 15.9. The Hall–Kier alpha value is -2.67. The molecule has 0 aliphatic carbocycles. The Labute approximate surface area is 111 Å². The molecule has 0 aliphatic heterocycles. The van der Waals surface area contributed by atoms with Gasteiger partial charge in [-0.1, -0.05) is 24.3 Å². The zero-order valence-corrected chi connectivity index (χ0v) is 10.6. The van der Waals surface area contributed by atoms with Crippen LogP contribution in [0.5, 0.6) is 0 Å². The van der Waals surface area contributed by atoms with Crippen LogP contribution in [-0.4, -0.2) is 10.9 Å². The molecule has 0 fully saturated rings. The Morgan fingerprint density at radius 1 is 1.37 bits per heavy atom. The van der Waals surface area contributed by atoms with Crippen LogP contribution in [0.4, 0.5) is 0 Å². The van der Waals surface area contributed by atoms with Crippen molar-refractivity contribution in [1.29, 1.82) is 5.26 Å². The van der Waals surface area contributed by atoms with Gasteiger partial charge in [0, 0.05) is 12.7 Å². The summed E-state index contributed by atoms with van der Waals surface area (Å²) >= 11 is 0. The van der Waals surface area contributed by atoms with Gasteiger partial charge in [-0.3, -0.25) is 9.78 Å². The molecule has 2 rings (SSSR count). The highest BCUT2D eigenvalue weighted by atomic mass is 16.1. The van der Waals surface area contributed by atoms with Crippen LogP contribution in [0.25, 0.3) is 0 Å². The smallest absolute Gasteiger partial charge is 0.270 e. The lowest BCUT2D eigenvalue weighted by atomic mass is 10.1. The molecule has 94 valence electrons. The minimum absolute atomic E-state index is 0.257. The second-order valence-electron chi connectivity index (χ2n) is 4.15. The number of carbonyl (C=O) groups excluding carboxylic acids is 1. The molecule has 0 bridgehead atoms. The fourth-order valence-corrected chi connectivity index (χ4v) is 1.70. The van der Waals surface area contributed by atoms with Crippen LogP contribution in [0.15, 0.2) is 42.6 Å². The van der Waals surface area contributed by atoms with Gasteiger partial charge in [0.15, 0.2) is 0 Å². The molecular weight excluding hydrogens is 238 g/mol. The second-order valence-corrected chi connectivity index (χ2v) is 4.15. The van der Waals surface area contributed by atoms with Crippen molar-refractivity contribution in [2.24, 2.45) is 0 Å². The van der Waals surface area contributed by atoms with Gasteiger partial charge in [0.2, 0.25) is 0 Å². The summed E-state index contributed by atoms with van der Waals surface area (Å²) in [5.41, 5.74) is 2.87. The van der Waals surface area contributed by atoms with Crippen molar-refractivity contribution in [3.05, 3.63) is 65.0 Å². The Morgan fingerprint density at radius 3 is 2.89 bits per heavy atom. The Balaban J connectivity index is 2.06. The summed E-state index contributed by atoms with van der Waals surface area (Å²) in [7, 11) is 0. The van der Waals surface area contributed by atoms with Gasteiger partial charge in [-0.25, -0.2) is 0 Å². The summed E-state index contributed by atoms with van der Waals surface area (Å²) in [6.07, 6.45) is 1.46. The lowest BCUT2D eigenvalue weighted by Crippen LogP contribution is -2.24. The van der Waals surface area contributed by atoms with Gasteiger partial charge >= 0.3 is 0 Å². The first-order chi connectivity index (χ1) is 9.20. The number of nitrogens with zero attached hydrogens (tertiary/aromatic N) is 2. The molecule has 19 heavy (non-hydrogen) atoms. The van der Waals surface area contributed by atoms with Crippen molar-refractivity contribution < 1.29 is 4.79 Å². The predicted octanol–water partition coefficient (Wildman–Crippen LogP) is 2.19. The minimum atomic E-state index is -0.277. The monoisotopic (exact) mass is 251 g/mol. The second kappa shape index (κ2) is 5.78. The highest BCUT2D eigenvalue weighted by Gasteiger charge is 2.08. The normalized spacial score (nSPS) is 9.68. The average molecular weight is 251 g/mol. The zero-order chi connectivity index (χ0) is 13.7. The van der Waals surface area contributed by atoms with E-state index in [1.807, 2.05) is 37.3 Å². The van der Waals surface area contributed by atoms with Crippen molar-refractivity contribution in [2.45, 2.75) is 13.5 Å². The van der Waals surface area contributed by atoms with Gasteiger partial charge in [0.05, 0.1) is 11.6 Å². The van der Waals surface area contributed by atoms with Gasteiger partial charge in [0.25, 0.3) is 5.91 Å². The number of hydrogen-bond donors (Lipinski definition) is 1. The number of benzene rings is 1. The van der Waals surface area contributed by atoms with Crippen molar-refractivity contribution in [2.75, 3.05) is 0 Å². The van der Waals surface area contributed by atoms with Crippen LogP contribution in [0.3, 0.4) is 0 Å². The molecule has 1 N–H and O–H groups in total. The van der Waals surface area contributed by atoms with Gasteiger partial charge < -0.3 is 5.32 Å². The van der Waals surface area contributed by atoms with Crippen molar-refractivity contribution in [1.82, 2.24) is 10.3 Å². The molecule has 0 radical (unpaired) electrons. The van der Waals surface area contributed by atoms with E-state index in [9.17, 15) is 4.79 Å². The number of nitrogens with one attached hydrogen (secondary N) is 1. The maximum atomic E-state index is 11.9. The molecule has 0 spiro atoms. The van der Waals surface area contributed by atoms with Gasteiger partial charge in [-0.05, 0) is 30.2 Å². The minimum Gasteiger partial charge on any atom is -0.347 e. The van der Waals surface area contributed by atoms with Crippen LogP contribution >= 0.6 is 0 Å². The fourth-order valence-electron chi connectivity index (χ4n) is 1.70. The van der Waals surface area contributed by atoms with Gasteiger partial charge in [0.1, 0.15) is 5.69 Å². The average Bonchev–Trinajstić information content (AvgIpc) is 2.46. The van der Waals surface area contributed by atoms with Crippen molar-refractivity contribution in [3.63, 3.8) is 0 Å². The SMILES string of the molecule is Cc1ccccc1CNC(=O)c1cc(C#N)ccn1. The number of rotatable bonds is 3. The summed E-state index contributed by atoms with van der Waals surface area (Å²) in [5, 5.41) is 11.6. The molecule has 0 saturated heterocycles. The molecule has 4 nitrogen and oxygen atoms in total. The first-order valence-corrected chi connectivity index (χ1v) is 5.89. The number of aromatic nitrogens is 1. The number of amides is 1. The Morgan fingerprint density at radius 2 is 2.16 bits per heavy atom. The predicted molar refractivity (Wildman–Crippen MR) is 71.3 cm³/mol. The third-order valence-electron chi connectivity index (χ3n) is 2.82. The first-order valence-electron chi connectivity index (χ1n) is 5.89. The maximum absolute atomic E-state index is 11.9. The third-order valence-corrected chi connectivity index (χ3v) is 2.82. The fraction of sp³-hybridized carbons (Fsp3) is 0.133. The summed E-state index contributed by atoms with van der Waals surface area (Å²) < 4.78 is 0. The van der Waals surface area contributed by atoms with Crippen LogP contribution in [0.1, 0.15) is 27.2 Å². The van der Waals surface area contributed by atoms with E-state index in [-0.39, 0.29) is 11.6 Å². The summed E-state index contributed by atoms with van der Waals surface area (Å²) in [5.74, 6) is -0.277. The topological polar surface area (TPSA) is 65.8 Å². The van der Waals surface area contributed by atoms with E-state index >= 15 is 0 Å². The first kappa shape index (κ1) is 12.8. The number of aryl methyl sites for hydroxylation is 1. The molecular formula is C15H13N3O. The van der Waals surface area contributed by atoms with Crippen LogP contribution in [0.2, 0.25) is 0 Å². The van der Waals surface area contributed by atoms with Crippen LogP contribution in [-0.2, 0) is 6.54 Å². The molecule has 2 aromatic rings. The van der Waals surface area contributed by atoms with E-state index in [2.05, 4.69) is 10.3 Å². The van der Waals surface area contributed by atoms with Gasteiger partial charge in [-0.2, -0.15) is 5.26 Å². The zero-order valence-electron chi connectivity index (χ0n) is 10.6. The van der Waals surface area contributed by atoms with Crippen LogP contribution in [0, 0.1) is 18.3 Å². The summed E-state index contributed by atoms with van der Waals surface area (Å²) in [6.45, 7) is 2.44. The number of hydrogen-bond acceptors (Lipinski definition) is 3. The van der Waals surface area contributed by atoms with E-state index in [1.54, 1.807) is 6.07 Å². The Bertz CT molecular complexity index is 644. The van der Waals surface area contributed by atoms with Crippen molar-refractivity contribution in [3.8, 4) is 6.07 Å². The maximum Gasteiger partial charge on any atom is 0.270 e. The molecule has 1 aromatic carbocycles. The highest BCUT2D eigenvalue weighted by molar-refractivity contribution is 5.92. The summed E-state index contributed by atoms with van der Waals surface area (Å²) in [6, 6.07) is 12.9. The molecule has 1 aromatic heterocycles. The molecule has 0 saturated carbocycles. The standard InChI is InChI=1S/C15H13N3O/c1-11-4-2-3-5-13(11)10-18-15(19)14-8-12(9-16)6-7-17-14/h2-8H,10H2,1H3,(H,18,19). The number of carbonyl (C=O) groups is 1. The van der Waals surface area contributed by atoms with E-state index < -0.39 is 0 Å². The van der Waals surface area contributed by atoms with E-state index in [0.29, 0.717) is 12.1 Å². The molecule has 0 unspecified atom stereocenters. The largest absolute Gasteiger partial charge is 0.347 e. The van der Waals surface area contributed by atoms with Gasteiger partial charge in [-0.15, -0.1) is 0 Å². The van der Waals surface area contributed by atoms with E-state index in [1.165, 1.54) is 12.3 Å². The Kier molecular flexibility index (Phi) is 3.89. The highest BCUT2D eigenvalue weighted by Crippen LogP contribution is 2.07. The molecule has 1 amide bonds. The van der Waals surface area contributed by atoms with E-state index in [4.69, 9.17) is 5.26 Å². The van der Waals surface area contributed by atoms with Crippen LogP contribution < -0.4 is 5.32 Å². The number of nitriles is 1. The lowest BCUT2D eigenvalue weighted by Gasteiger charge is -2.07. The molecule has 4 heteroatoms. The molecule has 0 aliphatic rings. The molecule has 1 heterocycles. The van der Waals surface area contributed by atoms with E-state index in [0.717, 1.165) is 11.1 Å². The molecule has 0 atom stereocenters.